The fraction of sp³-hybridized carbons (Fsp3) is 0.883. The Kier molecular flexibility index (Phi) is 50.7. The minimum absolute atomic E-state index is 0.00228. The average molecular weight is 994 g/mol. The largest absolute Gasteiger partial charge is 0.756 e. The van der Waals surface area contributed by atoms with Crippen molar-refractivity contribution >= 4 is 13.7 Å². The standard InChI is InChI=1S/C60H117N2O6P/c1-6-8-10-12-14-16-18-20-22-24-26-28-30-32-33-35-37-39-41-43-45-47-49-51-53-59(63)58(57-68-69(65,66)67-56-55-62(3,4)5)61-60(64)54-52-50-48-46-44-42-40-38-36-34-31-29-27-25-23-21-19-17-15-13-11-9-7-2/h27,29,34,36,51,53,58-59,63H,6-26,28,30-33,35,37-50,52,54-57H2,1-5H3,(H-,61,64,65,66)/b29-27-,36-34-,53-51+. The molecule has 0 bridgehead atoms. The molecule has 9 heteroatoms. The van der Waals surface area contributed by atoms with Gasteiger partial charge in [-0.15, -0.1) is 0 Å². The van der Waals surface area contributed by atoms with E-state index < -0.39 is 20.0 Å². The van der Waals surface area contributed by atoms with Crippen molar-refractivity contribution in [2.75, 3.05) is 40.9 Å². The minimum Gasteiger partial charge on any atom is -0.756 e. The summed E-state index contributed by atoms with van der Waals surface area (Å²) in [6.07, 6.45) is 66.5. The van der Waals surface area contributed by atoms with E-state index in [2.05, 4.69) is 43.5 Å². The Morgan fingerprint density at radius 3 is 1.20 bits per heavy atom. The third-order valence-electron chi connectivity index (χ3n) is 13.6. The van der Waals surface area contributed by atoms with E-state index >= 15 is 0 Å². The maximum atomic E-state index is 13.0. The molecule has 1 amide bonds. The maximum Gasteiger partial charge on any atom is 0.268 e. The highest BCUT2D eigenvalue weighted by molar-refractivity contribution is 7.45. The van der Waals surface area contributed by atoms with Crippen LogP contribution in [0.25, 0.3) is 0 Å². The number of hydrogen-bond donors (Lipinski definition) is 2. The number of aliphatic hydroxyl groups excluding tert-OH is 1. The van der Waals surface area contributed by atoms with Gasteiger partial charge in [-0.3, -0.25) is 9.36 Å². The fourth-order valence-electron chi connectivity index (χ4n) is 8.89. The van der Waals surface area contributed by atoms with Crippen molar-refractivity contribution in [2.24, 2.45) is 0 Å². The van der Waals surface area contributed by atoms with Crippen LogP contribution in [-0.4, -0.2) is 68.5 Å². The summed E-state index contributed by atoms with van der Waals surface area (Å²) in [5.41, 5.74) is 0. The molecular weight excluding hydrogens is 876 g/mol. The second-order valence-corrected chi connectivity index (χ2v) is 23.1. The molecule has 3 unspecified atom stereocenters. The van der Waals surface area contributed by atoms with Crippen molar-refractivity contribution in [1.82, 2.24) is 5.32 Å². The van der Waals surface area contributed by atoms with E-state index in [1.807, 2.05) is 27.2 Å². The van der Waals surface area contributed by atoms with Gasteiger partial charge < -0.3 is 28.8 Å². The van der Waals surface area contributed by atoms with Gasteiger partial charge in [0.1, 0.15) is 13.2 Å². The van der Waals surface area contributed by atoms with Crippen molar-refractivity contribution < 1.29 is 32.9 Å². The summed E-state index contributed by atoms with van der Waals surface area (Å²) in [5, 5.41) is 13.9. The lowest BCUT2D eigenvalue weighted by Gasteiger charge is -2.29. The molecule has 0 fully saturated rings. The number of carbonyl (C=O) groups excluding carboxylic acids is 1. The Morgan fingerprint density at radius 1 is 0.507 bits per heavy atom. The number of allylic oxidation sites excluding steroid dienone is 5. The van der Waals surface area contributed by atoms with Crippen LogP contribution in [-0.2, 0) is 18.4 Å². The van der Waals surface area contributed by atoms with E-state index in [0.717, 1.165) is 51.4 Å². The van der Waals surface area contributed by atoms with E-state index in [1.165, 1.54) is 218 Å². The summed E-state index contributed by atoms with van der Waals surface area (Å²) >= 11 is 0. The molecule has 0 aliphatic heterocycles. The molecule has 0 aliphatic rings. The number of likely N-dealkylation sites (N-methyl/N-ethyl adjacent to an activating group) is 1. The highest BCUT2D eigenvalue weighted by Crippen LogP contribution is 2.38. The Bertz CT molecular complexity index is 1220. The highest BCUT2D eigenvalue weighted by Gasteiger charge is 2.23. The van der Waals surface area contributed by atoms with Gasteiger partial charge in [0.25, 0.3) is 7.82 Å². The smallest absolute Gasteiger partial charge is 0.268 e. The lowest BCUT2D eigenvalue weighted by atomic mass is 10.0. The zero-order valence-corrected chi connectivity index (χ0v) is 47.4. The van der Waals surface area contributed by atoms with Crippen molar-refractivity contribution in [3.8, 4) is 0 Å². The first kappa shape index (κ1) is 67.7. The van der Waals surface area contributed by atoms with Crippen molar-refractivity contribution in [1.29, 1.82) is 0 Å². The number of quaternary nitrogens is 1. The monoisotopic (exact) mass is 993 g/mol. The van der Waals surface area contributed by atoms with Gasteiger partial charge in [0.15, 0.2) is 0 Å². The third-order valence-corrected chi connectivity index (χ3v) is 14.6. The molecule has 69 heavy (non-hydrogen) atoms. The SMILES string of the molecule is CCCCCCCCCCC/C=C\C/C=C\CCCCCCCCCC(=O)NC(COP(=O)([O-])OCC[N+](C)(C)C)C(O)/C=C/CCCCCCCCCCCCCCCCCCCCCCCC. The third kappa shape index (κ3) is 54.3. The van der Waals surface area contributed by atoms with Crippen LogP contribution in [0.2, 0.25) is 0 Å². The van der Waals surface area contributed by atoms with E-state index in [9.17, 15) is 19.4 Å². The van der Waals surface area contributed by atoms with Gasteiger partial charge >= 0.3 is 0 Å². The molecule has 0 heterocycles. The number of phosphoric ester groups is 1. The number of rotatable bonds is 55. The quantitative estimate of drug-likeness (QED) is 0.0272. The number of hydrogen-bond acceptors (Lipinski definition) is 6. The van der Waals surface area contributed by atoms with E-state index in [4.69, 9.17) is 9.05 Å². The van der Waals surface area contributed by atoms with Gasteiger partial charge in [-0.1, -0.05) is 269 Å². The van der Waals surface area contributed by atoms with Crippen LogP contribution in [0.15, 0.2) is 36.5 Å². The van der Waals surface area contributed by atoms with Gasteiger partial charge in [-0.05, 0) is 51.4 Å². The zero-order valence-electron chi connectivity index (χ0n) is 46.5. The lowest BCUT2D eigenvalue weighted by Crippen LogP contribution is -2.45. The Hall–Kier alpha value is -1.28. The van der Waals surface area contributed by atoms with Gasteiger partial charge in [0.05, 0.1) is 39.9 Å². The summed E-state index contributed by atoms with van der Waals surface area (Å²) in [6, 6.07) is -0.892. The maximum absolute atomic E-state index is 13.0. The predicted molar refractivity (Wildman–Crippen MR) is 298 cm³/mol. The van der Waals surface area contributed by atoms with Gasteiger partial charge in [-0.25, -0.2) is 0 Å². The van der Waals surface area contributed by atoms with Crippen molar-refractivity contribution in [3.63, 3.8) is 0 Å². The molecule has 0 aromatic carbocycles. The molecule has 8 nitrogen and oxygen atoms in total. The molecular formula is C60H117N2O6P. The van der Waals surface area contributed by atoms with Crippen LogP contribution in [0.3, 0.4) is 0 Å². The Morgan fingerprint density at radius 2 is 0.841 bits per heavy atom. The second kappa shape index (κ2) is 51.6. The molecule has 0 aromatic rings. The number of carbonyl (C=O) groups is 1. The molecule has 0 radical (unpaired) electrons. The molecule has 0 saturated heterocycles. The Labute approximate surface area is 429 Å². The van der Waals surface area contributed by atoms with Crippen LogP contribution in [0, 0.1) is 0 Å². The zero-order chi connectivity index (χ0) is 50.6. The molecule has 0 saturated carbocycles. The number of aliphatic hydroxyl groups is 1. The molecule has 0 aliphatic carbocycles. The summed E-state index contributed by atoms with van der Waals surface area (Å²) in [6.45, 7) is 4.68. The second-order valence-electron chi connectivity index (χ2n) is 21.7. The normalized spacial score (nSPS) is 14.1. The van der Waals surface area contributed by atoms with Crippen molar-refractivity contribution in [3.05, 3.63) is 36.5 Å². The average Bonchev–Trinajstić information content (AvgIpc) is 3.31. The number of unbranched alkanes of at least 4 members (excludes halogenated alkanes) is 38. The summed E-state index contributed by atoms with van der Waals surface area (Å²) in [5.74, 6) is -0.201. The van der Waals surface area contributed by atoms with Crippen LogP contribution < -0.4 is 10.2 Å². The summed E-state index contributed by atoms with van der Waals surface area (Å²) in [4.78, 5) is 25.5. The van der Waals surface area contributed by atoms with E-state index in [-0.39, 0.29) is 19.1 Å². The van der Waals surface area contributed by atoms with Gasteiger partial charge in [0, 0.05) is 6.42 Å². The van der Waals surface area contributed by atoms with E-state index in [1.54, 1.807) is 6.08 Å². The fourth-order valence-corrected chi connectivity index (χ4v) is 9.61. The van der Waals surface area contributed by atoms with Gasteiger partial charge in [0.2, 0.25) is 5.91 Å². The van der Waals surface area contributed by atoms with Gasteiger partial charge in [-0.2, -0.15) is 0 Å². The van der Waals surface area contributed by atoms with Crippen LogP contribution in [0.1, 0.15) is 290 Å². The highest BCUT2D eigenvalue weighted by atomic mass is 31.2. The first-order valence-corrected chi connectivity index (χ1v) is 31.3. The lowest BCUT2D eigenvalue weighted by molar-refractivity contribution is -0.870. The number of nitrogens with zero attached hydrogens (tertiary/aromatic N) is 1. The molecule has 0 rings (SSSR count). The molecule has 0 spiro atoms. The Balaban J connectivity index is 4.21. The minimum atomic E-state index is -4.60. The first-order chi connectivity index (χ1) is 33.5. The number of phosphoric acid groups is 1. The van der Waals surface area contributed by atoms with Crippen molar-refractivity contribution in [2.45, 2.75) is 302 Å². The summed E-state index contributed by atoms with van der Waals surface area (Å²) in [7, 11) is 1.26. The number of nitrogens with one attached hydrogen (secondary N) is 1. The van der Waals surface area contributed by atoms with Crippen LogP contribution in [0.5, 0.6) is 0 Å². The predicted octanol–water partition coefficient (Wildman–Crippen LogP) is 17.5. The topological polar surface area (TPSA) is 108 Å². The molecule has 408 valence electrons. The summed E-state index contributed by atoms with van der Waals surface area (Å²) < 4.78 is 23.4. The van der Waals surface area contributed by atoms with Crippen LogP contribution in [0.4, 0.5) is 0 Å². The first-order valence-electron chi connectivity index (χ1n) is 29.9. The van der Waals surface area contributed by atoms with Crippen LogP contribution >= 0.6 is 7.82 Å². The molecule has 3 atom stereocenters. The molecule has 2 N–H and O–H groups in total. The molecule has 0 aromatic heterocycles. The van der Waals surface area contributed by atoms with E-state index in [0.29, 0.717) is 17.4 Å². The number of amides is 1.